The van der Waals surface area contributed by atoms with Crippen LogP contribution < -0.4 is 0 Å². The fourth-order valence-corrected chi connectivity index (χ4v) is 1.10. The molecule has 13 heavy (non-hydrogen) atoms. The summed E-state index contributed by atoms with van der Waals surface area (Å²) in [6, 6.07) is 0. The minimum Gasteiger partial charge on any atom is -0.388 e. The number of halogens is 1. The molecule has 0 spiro atoms. The van der Waals surface area contributed by atoms with E-state index in [0.29, 0.717) is 0 Å². The fraction of sp³-hybridized carbons (Fsp3) is 1.00. The number of aliphatic hydroxyl groups is 4. The summed E-state index contributed by atoms with van der Waals surface area (Å²) in [4.78, 5) is 3.11. The van der Waals surface area contributed by atoms with Gasteiger partial charge in [-0.05, 0) is 4.53 Å². The molecule has 0 radical (unpaired) electrons. The van der Waals surface area contributed by atoms with E-state index in [0.717, 1.165) is 0 Å². The maximum Gasteiger partial charge on any atom is 0.222 e. The third-order valence-electron chi connectivity index (χ3n) is 1.95. The first-order valence-electron chi connectivity index (χ1n) is 3.65. The second-order valence-electron chi connectivity index (χ2n) is 2.91. The molecule has 0 aromatic heterocycles. The molecule has 4 N–H and O–H groups in total. The molecule has 1 saturated heterocycles. The highest BCUT2D eigenvalue weighted by molar-refractivity contribution is 4.91. The van der Waals surface area contributed by atoms with E-state index in [1.807, 2.05) is 0 Å². The zero-order valence-electron chi connectivity index (χ0n) is 6.63. The zero-order chi connectivity index (χ0) is 10.1. The van der Waals surface area contributed by atoms with Gasteiger partial charge in [0.25, 0.3) is 0 Å². The molecule has 0 bridgehead atoms. The Morgan fingerprint density at radius 1 is 1.46 bits per heavy atom. The molecule has 0 aromatic rings. The Morgan fingerprint density at radius 2 is 2.08 bits per heavy atom. The quantitative estimate of drug-likeness (QED) is 0.398. The lowest BCUT2D eigenvalue weighted by Gasteiger charge is -2.40. The molecule has 1 unspecified atom stereocenters. The van der Waals surface area contributed by atoms with Crippen LogP contribution in [0.15, 0.2) is 0 Å². The van der Waals surface area contributed by atoms with Gasteiger partial charge in [0, 0.05) is 0 Å². The minimum atomic E-state index is -2.31. The molecule has 1 rings (SSSR count). The topological polar surface area (TPSA) is 99.4 Å². The second kappa shape index (κ2) is 3.82. The summed E-state index contributed by atoms with van der Waals surface area (Å²) in [6.45, 7) is -1.34. The molecule has 6 nitrogen and oxygen atoms in total. The van der Waals surface area contributed by atoms with Crippen molar-refractivity contribution in [2.45, 2.75) is 24.1 Å². The Morgan fingerprint density at radius 3 is 2.62 bits per heavy atom. The van der Waals surface area contributed by atoms with Crippen molar-refractivity contribution in [2.24, 2.45) is 0 Å². The molecule has 78 valence electrons. The van der Waals surface area contributed by atoms with Crippen LogP contribution >= 0.6 is 0 Å². The Balaban J connectivity index is 2.67. The van der Waals surface area contributed by atoms with Crippen molar-refractivity contribution < 1.29 is 34.6 Å². The van der Waals surface area contributed by atoms with E-state index in [-0.39, 0.29) is 0 Å². The minimum absolute atomic E-state index is 0.405. The SMILES string of the molecule is O[C@@H]1[C@H](O)COC(O)(COF)[C@H]1O. The van der Waals surface area contributed by atoms with Crippen molar-refractivity contribution in [3.63, 3.8) is 0 Å². The third-order valence-corrected chi connectivity index (χ3v) is 1.95. The first kappa shape index (κ1) is 10.8. The number of ether oxygens (including phenoxy) is 1. The molecule has 0 aromatic carbocycles. The van der Waals surface area contributed by atoms with Gasteiger partial charge in [0.05, 0.1) is 6.61 Å². The van der Waals surface area contributed by atoms with Crippen molar-refractivity contribution in [3.05, 3.63) is 0 Å². The Labute approximate surface area is 73.0 Å². The molecule has 4 atom stereocenters. The normalized spacial score (nSPS) is 46.4. The number of hydrogen-bond donors (Lipinski definition) is 4. The van der Waals surface area contributed by atoms with Crippen LogP contribution in [0.4, 0.5) is 4.53 Å². The standard InChI is InChI=1S/C6H11FO6/c7-13-2-6(11)5(10)4(9)3(8)1-12-6/h3-5,8-11H,1-2H2/t3-,4-,5+,6?/m1/s1. The summed E-state index contributed by atoms with van der Waals surface area (Å²) < 4.78 is 16.0. The van der Waals surface area contributed by atoms with Gasteiger partial charge in [-0.1, -0.05) is 0 Å². The van der Waals surface area contributed by atoms with Crippen LogP contribution in [0.3, 0.4) is 0 Å². The molecular formula is C6H11FO6. The number of aliphatic hydroxyl groups excluding tert-OH is 3. The zero-order valence-corrected chi connectivity index (χ0v) is 6.63. The summed E-state index contributed by atoms with van der Waals surface area (Å²) >= 11 is 0. The summed E-state index contributed by atoms with van der Waals surface area (Å²) in [7, 11) is 0. The van der Waals surface area contributed by atoms with E-state index in [1.54, 1.807) is 0 Å². The Kier molecular flexibility index (Phi) is 3.17. The molecule has 1 fully saturated rings. The van der Waals surface area contributed by atoms with Crippen LogP contribution in [-0.4, -0.2) is 57.7 Å². The van der Waals surface area contributed by atoms with E-state index in [9.17, 15) is 9.63 Å². The third kappa shape index (κ3) is 1.96. The second-order valence-corrected chi connectivity index (χ2v) is 2.91. The van der Waals surface area contributed by atoms with Gasteiger partial charge in [-0.25, -0.2) is 0 Å². The van der Waals surface area contributed by atoms with E-state index in [1.165, 1.54) is 0 Å². The van der Waals surface area contributed by atoms with Crippen molar-refractivity contribution >= 4 is 0 Å². The molecule has 1 aliphatic heterocycles. The van der Waals surface area contributed by atoms with E-state index < -0.39 is 37.3 Å². The van der Waals surface area contributed by atoms with Crippen LogP contribution in [0.2, 0.25) is 0 Å². The van der Waals surface area contributed by atoms with Crippen LogP contribution in [-0.2, 0) is 9.68 Å². The van der Waals surface area contributed by atoms with Crippen molar-refractivity contribution in [1.29, 1.82) is 0 Å². The molecule has 0 aliphatic carbocycles. The highest BCUT2D eigenvalue weighted by atomic mass is 19.3. The number of rotatable bonds is 2. The van der Waals surface area contributed by atoms with Crippen LogP contribution in [0, 0.1) is 0 Å². The summed E-state index contributed by atoms with van der Waals surface area (Å²) in [6.07, 6.45) is -4.71. The fourth-order valence-electron chi connectivity index (χ4n) is 1.10. The Hall–Kier alpha value is -0.310. The monoisotopic (exact) mass is 198 g/mol. The molecule has 7 heteroatoms. The molecule has 0 amide bonds. The van der Waals surface area contributed by atoms with Gasteiger partial charge in [0.15, 0.2) is 0 Å². The molecule has 1 heterocycles. The molecular weight excluding hydrogens is 187 g/mol. The lowest BCUT2D eigenvalue weighted by molar-refractivity contribution is -0.354. The average Bonchev–Trinajstić information content (AvgIpc) is 2.10. The maximum absolute atomic E-state index is 11.4. The van der Waals surface area contributed by atoms with Crippen molar-refractivity contribution in [2.75, 3.05) is 13.2 Å². The summed E-state index contributed by atoms with van der Waals surface area (Å²) in [5.74, 6) is -2.31. The van der Waals surface area contributed by atoms with Gasteiger partial charge in [-0.15, -0.1) is 0 Å². The van der Waals surface area contributed by atoms with Crippen molar-refractivity contribution in [1.82, 2.24) is 0 Å². The van der Waals surface area contributed by atoms with Gasteiger partial charge in [-0.2, -0.15) is 4.94 Å². The predicted molar refractivity (Wildman–Crippen MR) is 36.0 cm³/mol. The van der Waals surface area contributed by atoms with Gasteiger partial charge in [0.2, 0.25) is 5.79 Å². The van der Waals surface area contributed by atoms with Gasteiger partial charge in [-0.3, -0.25) is 0 Å². The highest BCUT2D eigenvalue weighted by Crippen LogP contribution is 2.24. The highest BCUT2D eigenvalue weighted by Gasteiger charge is 2.49. The van der Waals surface area contributed by atoms with E-state index in [4.69, 9.17) is 15.3 Å². The number of hydrogen-bond acceptors (Lipinski definition) is 6. The maximum atomic E-state index is 11.4. The van der Waals surface area contributed by atoms with Crippen LogP contribution in [0.25, 0.3) is 0 Å². The van der Waals surface area contributed by atoms with Gasteiger partial charge >= 0.3 is 0 Å². The van der Waals surface area contributed by atoms with Gasteiger partial charge in [0.1, 0.15) is 24.9 Å². The predicted octanol–water partition coefficient (Wildman–Crippen LogP) is -2.31. The van der Waals surface area contributed by atoms with Crippen LogP contribution in [0.1, 0.15) is 0 Å². The smallest absolute Gasteiger partial charge is 0.222 e. The van der Waals surface area contributed by atoms with Crippen molar-refractivity contribution in [3.8, 4) is 0 Å². The largest absolute Gasteiger partial charge is 0.388 e. The van der Waals surface area contributed by atoms with E-state index in [2.05, 4.69) is 9.68 Å². The van der Waals surface area contributed by atoms with Gasteiger partial charge < -0.3 is 25.2 Å². The Bertz CT molecular complexity index is 179. The van der Waals surface area contributed by atoms with Crippen LogP contribution in [0.5, 0.6) is 0 Å². The molecule has 0 saturated carbocycles. The summed E-state index contributed by atoms with van der Waals surface area (Å²) in [5.41, 5.74) is 0. The first-order chi connectivity index (χ1) is 6.01. The molecule has 1 aliphatic rings. The van der Waals surface area contributed by atoms with E-state index >= 15 is 0 Å². The first-order valence-corrected chi connectivity index (χ1v) is 3.65. The average molecular weight is 198 g/mol. The lowest BCUT2D eigenvalue weighted by Crippen LogP contribution is -2.62. The summed E-state index contributed by atoms with van der Waals surface area (Å²) in [5, 5.41) is 36.5. The lowest BCUT2D eigenvalue weighted by atomic mass is 9.98.